The summed E-state index contributed by atoms with van der Waals surface area (Å²) >= 11 is 3.42. The van der Waals surface area contributed by atoms with Crippen LogP contribution in [0.1, 0.15) is 36.9 Å². The van der Waals surface area contributed by atoms with Crippen molar-refractivity contribution >= 4 is 21.9 Å². The number of hydrogen-bond acceptors (Lipinski definition) is 3. The van der Waals surface area contributed by atoms with Gasteiger partial charge in [-0.3, -0.25) is 0 Å². The number of furan rings is 1. The highest BCUT2D eigenvalue weighted by molar-refractivity contribution is 9.10. The molecule has 0 saturated heterocycles. The summed E-state index contributed by atoms with van der Waals surface area (Å²) in [6, 6.07) is 8.92. The van der Waals surface area contributed by atoms with Gasteiger partial charge in [-0.2, -0.15) is 0 Å². The minimum atomic E-state index is -0.505. The van der Waals surface area contributed by atoms with Crippen LogP contribution in [0.15, 0.2) is 45.5 Å². The van der Waals surface area contributed by atoms with Crippen LogP contribution in [-0.4, -0.2) is 5.97 Å². The molecule has 0 atom stereocenters. The first-order valence-electron chi connectivity index (χ1n) is 5.93. The molecule has 19 heavy (non-hydrogen) atoms. The molecule has 0 saturated carbocycles. The van der Waals surface area contributed by atoms with Gasteiger partial charge in [-0.15, -0.1) is 0 Å². The molecule has 0 N–H and O–H groups in total. The lowest BCUT2D eigenvalue weighted by molar-refractivity contribution is 0.0700. The third-order valence-electron chi connectivity index (χ3n) is 2.72. The fourth-order valence-corrected chi connectivity index (χ4v) is 2.05. The summed E-state index contributed by atoms with van der Waals surface area (Å²) < 4.78 is 11.0. The zero-order valence-corrected chi connectivity index (χ0v) is 12.7. The summed E-state index contributed by atoms with van der Waals surface area (Å²) in [6.45, 7) is 6.38. The van der Waals surface area contributed by atoms with Gasteiger partial charge in [0.15, 0.2) is 0 Å². The molecule has 1 aromatic carbocycles. The minimum Gasteiger partial charge on any atom is -0.457 e. The van der Waals surface area contributed by atoms with Crippen LogP contribution in [0.25, 0.3) is 0 Å². The summed E-state index contributed by atoms with van der Waals surface area (Å²) in [7, 11) is 0. The van der Waals surface area contributed by atoms with E-state index in [0.717, 1.165) is 10.0 Å². The number of rotatable bonds is 2. The van der Waals surface area contributed by atoms with Crippen LogP contribution in [0.5, 0.6) is 5.75 Å². The van der Waals surface area contributed by atoms with Crippen molar-refractivity contribution in [1.29, 1.82) is 0 Å². The van der Waals surface area contributed by atoms with E-state index in [0.29, 0.717) is 5.75 Å². The Labute approximate surface area is 120 Å². The summed E-state index contributed by atoms with van der Waals surface area (Å²) in [5, 5.41) is 0. The van der Waals surface area contributed by atoms with Crippen molar-refractivity contribution in [2.45, 2.75) is 26.2 Å². The molecule has 2 aromatic rings. The van der Waals surface area contributed by atoms with Gasteiger partial charge in [0, 0.05) is 0 Å². The highest BCUT2D eigenvalue weighted by Gasteiger charge is 2.17. The molecule has 0 aliphatic heterocycles. The number of ether oxygens (including phenoxy) is 1. The van der Waals surface area contributed by atoms with E-state index in [-0.39, 0.29) is 11.2 Å². The smallest absolute Gasteiger partial charge is 0.379 e. The van der Waals surface area contributed by atoms with E-state index in [1.807, 2.05) is 12.1 Å². The number of halogens is 1. The van der Waals surface area contributed by atoms with Crippen molar-refractivity contribution in [3.05, 3.63) is 52.4 Å². The first-order valence-corrected chi connectivity index (χ1v) is 6.73. The van der Waals surface area contributed by atoms with Crippen molar-refractivity contribution in [2.75, 3.05) is 0 Å². The standard InChI is InChI=1S/C15H15BrO3/c1-15(2,3)10-6-7-12(11(16)9-10)19-14(17)13-5-4-8-18-13/h4-9H,1-3H3. The largest absolute Gasteiger partial charge is 0.457 e. The van der Waals surface area contributed by atoms with Gasteiger partial charge in [-0.05, 0) is 51.2 Å². The Morgan fingerprint density at radius 1 is 1.26 bits per heavy atom. The first-order chi connectivity index (χ1) is 8.88. The quantitative estimate of drug-likeness (QED) is 0.601. The molecule has 0 fully saturated rings. The van der Waals surface area contributed by atoms with Crippen LogP contribution >= 0.6 is 15.9 Å². The highest BCUT2D eigenvalue weighted by Crippen LogP contribution is 2.31. The van der Waals surface area contributed by atoms with Crippen LogP contribution < -0.4 is 4.74 Å². The minimum absolute atomic E-state index is 0.0477. The third kappa shape index (κ3) is 3.26. The maximum atomic E-state index is 11.8. The van der Waals surface area contributed by atoms with Gasteiger partial charge >= 0.3 is 5.97 Å². The monoisotopic (exact) mass is 322 g/mol. The lowest BCUT2D eigenvalue weighted by atomic mass is 9.87. The van der Waals surface area contributed by atoms with Crippen LogP contribution in [0.4, 0.5) is 0 Å². The molecule has 0 bridgehead atoms. The molecule has 100 valence electrons. The molecule has 1 heterocycles. The van der Waals surface area contributed by atoms with E-state index in [1.165, 1.54) is 6.26 Å². The van der Waals surface area contributed by atoms with Crippen molar-refractivity contribution in [1.82, 2.24) is 0 Å². The SMILES string of the molecule is CC(C)(C)c1ccc(OC(=O)c2ccco2)c(Br)c1. The van der Waals surface area contributed by atoms with E-state index < -0.39 is 5.97 Å². The average molecular weight is 323 g/mol. The summed E-state index contributed by atoms with van der Waals surface area (Å²) in [5.74, 6) is 0.162. The Balaban J connectivity index is 2.21. The van der Waals surface area contributed by atoms with Gasteiger partial charge in [0.2, 0.25) is 5.76 Å². The molecule has 0 unspecified atom stereocenters. The predicted molar refractivity (Wildman–Crippen MR) is 76.5 cm³/mol. The van der Waals surface area contributed by atoms with E-state index in [2.05, 4.69) is 36.7 Å². The van der Waals surface area contributed by atoms with Crippen LogP contribution in [0.2, 0.25) is 0 Å². The van der Waals surface area contributed by atoms with E-state index in [1.54, 1.807) is 18.2 Å². The molecule has 0 spiro atoms. The zero-order chi connectivity index (χ0) is 14.0. The van der Waals surface area contributed by atoms with E-state index >= 15 is 0 Å². The molecule has 1 aromatic heterocycles. The molecule has 0 aliphatic rings. The van der Waals surface area contributed by atoms with Gasteiger partial charge < -0.3 is 9.15 Å². The van der Waals surface area contributed by atoms with Crippen molar-refractivity contribution in [3.63, 3.8) is 0 Å². The van der Waals surface area contributed by atoms with Crippen LogP contribution in [0, 0.1) is 0 Å². The number of hydrogen-bond donors (Lipinski definition) is 0. The van der Waals surface area contributed by atoms with Gasteiger partial charge in [0.1, 0.15) is 5.75 Å². The Morgan fingerprint density at radius 3 is 2.53 bits per heavy atom. The topological polar surface area (TPSA) is 39.4 Å². The zero-order valence-electron chi connectivity index (χ0n) is 11.1. The molecule has 0 aliphatic carbocycles. The predicted octanol–water partition coefficient (Wildman–Crippen LogP) is 4.56. The molecule has 4 heteroatoms. The fourth-order valence-electron chi connectivity index (χ4n) is 1.59. The molecule has 3 nitrogen and oxygen atoms in total. The average Bonchev–Trinajstić information content (AvgIpc) is 2.84. The molecular weight excluding hydrogens is 308 g/mol. The second kappa shape index (κ2) is 5.21. The van der Waals surface area contributed by atoms with Crippen molar-refractivity contribution < 1.29 is 13.9 Å². The Bertz CT molecular complexity index is 580. The molecular formula is C15H15BrO3. The number of benzene rings is 1. The Kier molecular flexibility index (Phi) is 3.80. The van der Waals surface area contributed by atoms with Gasteiger partial charge in [0.25, 0.3) is 0 Å². The molecule has 0 amide bonds. The van der Waals surface area contributed by atoms with E-state index in [4.69, 9.17) is 9.15 Å². The summed E-state index contributed by atoms with van der Waals surface area (Å²) in [5.41, 5.74) is 1.21. The number of carbonyl (C=O) groups is 1. The molecule has 0 radical (unpaired) electrons. The normalized spacial score (nSPS) is 11.4. The van der Waals surface area contributed by atoms with Gasteiger partial charge in [0.05, 0.1) is 10.7 Å². The fraction of sp³-hybridized carbons (Fsp3) is 0.267. The van der Waals surface area contributed by atoms with Crippen molar-refractivity contribution in [3.8, 4) is 5.75 Å². The van der Waals surface area contributed by atoms with Gasteiger partial charge in [-0.1, -0.05) is 26.8 Å². The third-order valence-corrected chi connectivity index (χ3v) is 3.34. The number of esters is 1. The maximum Gasteiger partial charge on any atom is 0.379 e. The summed E-state index contributed by atoms with van der Waals surface area (Å²) in [4.78, 5) is 11.8. The lowest BCUT2D eigenvalue weighted by Gasteiger charge is -2.19. The maximum absolute atomic E-state index is 11.8. The van der Waals surface area contributed by atoms with Crippen LogP contribution in [-0.2, 0) is 5.41 Å². The Hall–Kier alpha value is -1.55. The lowest BCUT2D eigenvalue weighted by Crippen LogP contribution is -2.12. The Morgan fingerprint density at radius 2 is 2.00 bits per heavy atom. The van der Waals surface area contributed by atoms with Crippen LogP contribution in [0.3, 0.4) is 0 Å². The second-order valence-electron chi connectivity index (χ2n) is 5.26. The van der Waals surface area contributed by atoms with E-state index in [9.17, 15) is 4.79 Å². The second-order valence-corrected chi connectivity index (χ2v) is 6.12. The highest BCUT2D eigenvalue weighted by atomic mass is 79.9. The first kappa shape index (κ1) is 13.9. The molecule has 2 rings (SSSR count). The summed E-state index contributed by atoms with van der Waals surface area (Å²) in [6.07, 6.45) is 1.44. The van der Waals surface area contributed by atoms with Crippen molar-refractivity contribution in [2.24, 2.45) is 0 Å². The van der Waals surface area contributed by atoms with Gasteiger partial charge in [-0.25, -0.2) is 4.79 Å². The number of carbonyl (C=O) groups excluding carboxylic acids is 1.